The van der Waals surface area contributed by atoms with Crippen molar-refractivity contribution in [3.63, 3.8) is 0 Å². The molecule has 96 valence electrons. The van der Waals surface area contributed by atoms with Gasteiger partial charge in [0.2, 0.25) is 0 Å². The van der Waals surface area contributed by atoms with Gasteiger partial charge in [-0.1, -0.05) is 36.1 Å². The molecule has 0 aliphatic heterocycles. The van der Waals surface area contributed by atoms with E-state index in [-0.39, 0.29) is 0 Å². The van der Waals surface area contributed by atoms with Crippen molar-refractivity contribution in [1.82, 2.24) is 0 Å². The lowest BCUT2D eigenvalue weighted by atomic mass is 10.2. The Morgan fingerprint density at radius 2 is 1.79 bits per heavy atom. The largest absolute Gasteiger partial charge is 0.493 e. The van der Waals surface area contributed by atoms with E-state index in [1.807, 2.05) is 55.5 Å². The van der Waals surface area contributed by atoms with Crippen molar-refractivity contribution in [2.45, 2.75) is 6.92 Å². The SMILES string of the molecule is COc1cc(C)ccc1OCC#Cc1ccccc1. The van der Waals surface area contributed by atoms with Crippen molar-refractivity contribution in [3.05, 3.63) is 59.7 Å². The summed E-state index contributed by atoms with van der Waals surface area (Å²) in [5, 5.41) is 0. The van der Waals surface area contributed by atoms with Crippen molar-refractivity contribution in [2.24, 2.45) is 0 Å². The fraction of sp³-hybridized carbons (Fsp3) is 0.176. The second-order valence-electron chi connectivity index (χ2n) is 4.11. The summed E-state index contributed by atoms with van der Waals surface area (Å²) in [4.78, 5) is 0. The minimum atomic E-state index is 0.342. The van der Waals surface area contributed by atoms with E-state index in [1.54, 1.807) is 7.11 Å². The lowest BCUT2D eigenvalue weighted by Gasteiger charge is -2.08. The topological polar surface area (TPSA) is 18.5 Å². The molecule has 0 unspecified atom stereocenters. The zero-order valence-electron chi connectivity index (χ0n) is 11.1. The second-order valence-corrected chi connectivity index (χ2v) is 4.11. The number of aryl methyl sites for hydroxylation is 1. The lowest BCUT2D eigenvalue weighted by molar-refractivity contribution is 0.330. The summed E-state index contributed by atoms with van der Waals surface area (Å²) in [7, 11) is 1.64. The maximum absolute atomic E-state index is 5.61. The third-order valence-corrected chi connectivity index (χ3v) is 2.63. The van der Waals surface area contributed by atoms with E-state index in [2.05, 4.69) is 11.8 Å². The molecule has 2 rings (SSSR count). The molecule has 0 aromatic heterocycles. The number of rotatable bonds is 3. The van der Waals surface area contributed by atoms with E-state index in [9.17, 15) is 0 Å². The van der Waals surface area contributed by atoms with Gasteiger partial charge in [0.05, 0.1) is 7.11 Å². The molecule has 0 heterocycles. The monoisotopic (exact) mass is 252 g/mol. The van der Waals surface area contributed by atoms with Gasteiger partial charge in [-0.15, -0.1) is 0 Å². The van der Waals surface area contributed by atoms with Crippen LogP contribution in [0.4, 0.5) is 0 Å². The fourth-order valence-corrected chi connectivity index (χ4v) is 1.67. The average Bonchev–Trinajstić information content (AvgIpc) is 2.46. The maximum atomic E-state index is 5.61. The summed E-state index contributed by atoms with van der Waals surface area (Å²) in [6.07, 6.45) is 0. The number of ether oxygens (including phenoxy) is 2. The van der Waals surface area contributed by atoms with Gasteiger partial charge in [0.1, 0.15) is 6.61 Å². The molecular weight excluding hydrogens is 236 g/mol. The number of hydrogen-bond acceptors (Lipinski definition) is 2. The summed E-state index contributed by atoms with van der Waals surface area (Å²) in [6, 6.07) is 15.7. The molecule has 0 aliphatic carbocycles. The van der Waals surface area contributed by atoms with Gasteiger partial charge < -0.3 is 9.47 Å². The van der Waals surface area contributed by atoms with E-state index >= 15 is 0 Å². The van der Waals surface area contributed by atoms with E-state index in [0.29, 0.717) is 6.61 Å². The molecule has 2 heteroatoms. The summed E-state index contributed by atoms with van der Waals surface area (Å²) < 4.78 is 10.9. The Kier molecular flexibility index (Phi) is 4.47. The Hall–Kier alpha value is -2.40. The molecule has 0 bridgehead atoms. The van der Waals surface area contributed by atoms with Gasteiger partial charge in [-0.3, -0.25) is 0 Å². The smallest absolute Gasteiger partial charge is 0.162 e. The molecule has 2 aromatic carbocycles. The molecular formula is C17H16O2. The van der Waals surface area contributed by atoms with Gasteiger partial charge in [0.25, 0.3) is 0 Å². The molecule has 2 aromatic rings. The molecule has 0 spiro atoms. The van der Waals surface area contributed by atoms with Gasteiger partial charge in [0.15, 0.2) is 11.5 Å². The third kappa shape index (κ3) is 3.79. The Bertz CT molecular complexity index is 592. The number of methoxy groups -OCH3 is 1. The molecule has 0 N–H and O–H groups in total. The van der Waals surface area contributed by atoms with Crippen LogP contribution in [-0.2, 0) is 0 Å². The highest BCUT2D eigenvalue weighted by atomic mass is 16.5. The quantitative estimate of drug-likeness (QED) is 0.779. The highest BCUT2D eigenvalue weighted by Gasteiger charge is 2.02. The van der Waals surface area contributed by atoms with Crippen molar-refractivity contribution in [2.75, 3.05) is 13.7 Å². The first-order valence-electron chi connectivity index (χ1n) is 6.11. The highest BCUT2D eigenvalue weighted by molar-refractivity contribution is 5.43. The summed E-state index contributed by atoms with van der Waals surface area (Å²) in [5.41, 5.74) is 2.13. The van der Waals surface area contributed by atoms with Crippen LogP contribution in [0.5, 0.6) is 11.5 Å². The van der Waals surface area contributed by atoms with Crippen molar-refractivity contribution in [1.29, 1.82) is 0 Å². The van der Waals surface area contributed by atoms with Crippen molar-refractivity contribution in [3.8, 4) is 23.3 Å². The minimum absolute atomic E-state index is 0.342. The molecule has 19 heavy (non-hydrogen) atoms. The molecule has 0 radical (unpaired) electrons. The standard InChI is InChI=1S/C17H16O2/c1-14-10-11-16(17(13-14)18-2)19-12-6-9-15-7-4-3-5-8-15/h3-5,7-8,10-11,13H,12H2,1-2H3. The van der Waals surface area contributed by atoms with Crippen LogP contribution in [0.3, 0.4) is 0 Å². The number of hydrogen-bond donors (Lipinski definition) is 0. The first-order valence-corrected chi connectivity index (χ1v) is 6.11. The zero-order chi connectivity index (χ0) is 13.5. The lowest BCUT2D eigenvalue weighted by Crippen LogP contribution is -1.97. The first-order chi connectivity index (χ1) is 9.29. The molecule has 0 atom stereocenters. The Morgan fingerprint density at radius 3 is 2.53 bits per heavy atom. The van der Waals surface area contributed by atoms with Gasteiger partial charge in [-0.2, -0.15) is 0 Å². The Labute approximate surface area is 114 Å². The summed E-state index contributed by atoms with van der Waals surface area (Å²) >= 11 is 0. The van der Waals surface area contributed by atoms with Crippen LogP contribution in [0, 0.1) is 18.8 Å². The van der Waals surface area contributed by atoms with Crippen LogP contribution < -0.4 is 9.47 Å². The van der Waals surface area contributed by atoms with Crippen LogP contribution in [0.1, 0.15) is 11.1 Å². The normalized spacial score (nSPS) is 9.37. The van der Waals surface area contributed by atoms with Crippen molar-refractivity contribution < 1.29 is 9.47 Å². The highest BCUT2D eigenvalue weighted by Crippen LogP contribution is 2.27. The Morgan fingerprint density at radius 1 is 1.00 bits per heavy atom. The predicted molar refractivity (Wildman–Crippen MR) is 76.5 cm³/mol. The van der Waals surface area contributed by atoms with Crippen molar-refractivity contribution >= 4 is 0 Å². The van der Waals surface area contributed by atoms with Crippen LogP contribution in [0.2, 0.25) is 0 Å². The Balaban J connectivity index is 1.98. The van der Waals surface area contributed by atoms with E-state index < -0.39 is 0 Å². The predicted octanol–water partition coefficient (Wildman–Crippen LogP) is 3.43. The van der Waals surface area contributed by atoms with Crippen LogP contribution in [0.25, 0.3) is 0 Å². The second kappa shape index (κ2) is 6.51. The van der Waals surface area contributed by atoms with E-state index in [4.69, 9.17) is 9.47 Å². The molecule has 0 fully saturated rings. The average molecular weight is 252 g/mol. The maximum Gasteiger partial charge on any atom is 0.162 e. The number of benzene rings is 2. The van der Waals surface area contributed by atoms with E-state index in [0.717, 1.165) is 22.6 Å². The summed E-state index contributed by atoms with van der Waals surface area (Å²) in [6.45, 7) is 2.36. The minimum Gasteiger partial charge on any atom is -0.493 e. The summed E-state index contributed by atoms with van der Waals surface area (Å²) in [5.74, 6) is 7.49. The molecule has 0 amide bonds. The first kappa shape index (κ1) is 13.0. The van der Waals surface area contributed by atoms with Gasteiger partial charge in [-0.05, 0) is 36.8 Å². The van der Waals surface area contributed by atoms with Crippen LogP contribution >= 0.6 is 0 Å². The zero-order valence-corrected chi connectivity index (χ0v) is 11.1. The van der Waals surface area contributed by atoms with Crippen LogP contribution in [0.15, 0.2) is 48.5 Å². The van der Waals surface area contributed by atoms with Crippen LogP contribution in [-0.4, -0.2) is 13.7 Å². The van der Waals surface area contributed by atoms with E-state index in [1.165, 1.54) is 0 Å². The molecule has 0 saturated heterocycles. The molecule has 0 saturated carbocycles. The van der Waals surface area contributed by atoms with Gasteiger partial charge in [-0.25, -0.2) is 0 Å². The molecule has 0 aliphatic rings. The van der Waals surface area contributed by atoms with Gasteiger partial charge in [0, 0.05) is 5.56 Å². The third-order valence-electron chi connectivity index (χ3n) is 2.63. The van der Waals surface area contributed by atoms with Gasteiger partial charge >= 0.3 is 0 Å². The molecule has 2 nitrogen and oxygen atoms in total. The fourth-order valence-electron chi connectivity index (χ4n) is 1.67.